The maximum Gasteiger partial charge on any atom is 0.334 e. The number of rotatable bonds is 5. The van der Waals surface area contributed by atoms with Crippen molar-refractivity contribution in [2.24, 2.45) is 5.41 Å². The first-order chi connectivity index (χ1) is 9.38. The van der Waals surface area contributed by atoms with E-state index in [0.29, 0.717) is 12.2 Å². The molecule has 0 radical (unpaired) electrons. The molecule has 0 heterocycles. The highest BCUT2D eigenvalue weighted by molar-refractivity contribution is 5.93. The van der Waals surface area contributed by atoms with Gasteiger partial charge in [-0.15, -0.1) is 0 Å². The van der Waals surface area contributed by atoms with E-state index in [1.54, 1.807) is 19.9 Å². The van der Waals surface area contributed by atoms with E-state index in [1.807, 2.05) is 0 Å². The van der Waals surface area contributed by atoms with Crippen LogP contribution in [0.4, 0.5) is 0 Å². The van der Waals surface area contributed by atoms with Gasteiger partial charge in [-0.25, -0.2) is 4.79 Å². The second-order valence-electron chi connectivity index (χ2n) is 6.08. The molecule has 1 aliphatic carbocycles. The largest absolute Gasteiger partial charge is 0.466 e. The second-order valence-corrected chi connectivity index (χ2v) is 6.08. The summed E-state index contributed by atoms with van der Waals surface area (Å²) in [4.78, 5) is 23.5. The van der Waals surface area contributed by atoms with Crippen LogP contribution in [-0.2, 0) is 19.1 Å². The molecule has 4 nitrogen and oxygen atoms in total. The van der Waals surface area contributed by atoms with Gasteiger partial charge in [0.15, 0.2) is 0 Å². The van der Waals surface area contributed by atoms with E-state index in [0.717, 1.165) is 19.3 Å². The van der Waals surface area contributed by atoms with Gasteiger partial charge < -0.3 is 9.47 Å². The fraction of sp³-hybridized carbons (Fsp3) is 0.750. The van der Waals surface area contributed by atoms with Crippen molar-refractivity contribution in [2.45, 2.75) is 65.9 Å². The molecule has 0 aromatic heterocycles. The molecule has 0 aromatic carbocycles. The number of esters is 2. The molecular formula is C16H26O4. The van der Waals surface area contributed by atoms with E-state index >= 15 is 0 Å². The molecule has 1 fully saturated rings. The molecule has 1 atom stereocenters. The number of ether oxygens (including phenoxy) is 2. The highest BCUT2D eigenvalue weighted by Crippen LogP contribution is 2.36. The average Bonchev–Trinajstić information content (AvgIpc) is 2.34. The Morgan fingerprint density at radius 1 is 1.35 bits per heavy atom. The summed E-state index contributed by atoms with van der Waals surface area (Å²) < 4.78 is 10.4. The molecule has 0 N–H and O–H groups in total. The number of hydrogen-bond acceptors (Lipinski definition) is 4. The van der Waals surface area contributed by atoms with Crippen LogP contribution in [0.5, 0.6) is 0 Å². The standard InChI is InChI=1S/C16H26O4/c1-5-12(10-14(17)19-6-2)15(18)20-13-8-7-9-16(3,4)11-13/h5,13H,6-11H2,1-4H3. The van der Waals surface area contributed by atoms with Crippen LogP contribution >= 0.6 is 0 Å². The second kappa shape index (κ2) is 7.46. The first-order valence-corrected chi connectivity index (χ1v) is 7.39. The Hall–Kier alpha value is -1.32. The highest BCUT2D eigenvalue weighted by atomic mass is 16.5. The summed E-state index contributed by atoms with van der Waals surface area (Å²) in [7, 11) is 0. The van der Waals surface area contributed by atoms with Gasteiger partial charge in [-0.05, 0) is 44.9 Å². The topological polar surface area (TPSA) is 52.6 Å². The van der Waals surface area contributed by atoms with Gasteiger partial charge in [-0.3, -0.25) is 4.79 Å². The first-order valence-electron chi connectivity index (χ1n) is 7.39. The van der Waals surface area contributed by atoms with Crippen LogP contribution < -0.4 is 0 Å². The maximum absolute atomic E-state index is 12.1. The Bertz CT molecular complexity index is 382. The average molecular weight is 282 g/mol. The fourth-order valence-corrected chi connectivity index (χ4v) is 2.62. The summed E-state index contributed by atoms with van der Waals surface area (Å²) in [5.74, 6) is -0.773. The molecule has 1 unspecified atom stereocenters. The van der Waals surface area contributed by atoms with Gasteiger partial charge in [0.25, 0.3) is 0 Å². The zero-order valence-electron chi connectivity index (χ0n) is 13.0. The van der Waals surface area contributed by atoms with Crippen LogP contribution in [-0.4, -0.2) is 24.6 Å². The molecule has 0 bridgehead atoms. The van der Waals surface area contributed by atoms with E-state index in [9.17, 15) is 9.59 Å². The van der Waals surface area contributed by atoms with Crippen molar-refractivity contribution >= 4 is 11.9 Å². The molecule has 1 saturated carbocycles. The van der Waals surface area contributed by atoms with Crippen molar-refractivity contribution in [3.63, 3.8) is 0 Å². The third kappa shape index (κ3) is 5.35. The third-order valence-electron chi connectivity index (χ3n) is 3.68. The van der Waals surface area contributed by atoms with E-state index in [-0.39, 0.29) is 29.9 Å². The molecule has 1 rings (SSSR count). The number of allylic oxidation sites excluding steroid dienone is 1. The van der Waals surface area contributed by atoms with Crippen molar-refractivity contribution in [3.8, 4) is 0 Å². The minimum atomic E-state index is -0.387. The molecule has 1 aliphatic rings. The molecule has 0 amide bonds. The summed E-state index contributed by atoms with van der Waals surface area (Å²) in [5, 5.41) is 0. The summed E-state index contributed by atoms with van der Waals surface area (Å²) >= 11 is 0. The summed E-state index contributed by atoms with van der Waals surface area (Å²) in [6.07, 6.45) is 5.62. The van der Waals surface area contributed by atoms with Crippen molar-refractivity contribution in [1.82, 2.24) is 0 Å². The number of carbonyl (C=O) groups excluding carboxylic acids is 2. The van der Waals surface area contributed by atoms with Gasteiger partial charge >= 0.3 is 11.9 Å². The minimum absolute atomic E-state index is 0.0146. The van der Waals surface area contributed by atoms with Crippen molar-refractivity contribution < 1.29 is 19.1 Å². The predicted octanol–water partition coefficient (Wildman–Crippen LogP) is 3.40. The highest BCUT2D eigenvalue weighted by Gasteiger charge is 2.30. The first kappa shape index (κ1) is 16.7. The Morgan fingerprint density at radius 3 is 2.60 bits per heavy atom. The molecular weight excluding hydrogens is 256 g/mol. The Labute approximate surface area is 121 Å². The minimum Gasteiger partial charge on any atom is -0.466 e. The van der Waals surface area contributed by atoms with Gasteiger partial charge in [0.1, 0.15) is 6.10 Å². The fourth-order valence-electron chi connectivity index (χ4n) is 2.62. The van der Waals surface area contributed by atoms with Crippen LogP contribution in [0.15, 0.2) is 11.6 Å². The SMILES string of the molecule is CC=C(CC(=O)OCC)C(=O)OC1CCCC(C)(C)C1. The van der Waals surface area contributed by atoms with Crippen LogP contribution in [0.2, 0.25) is 0 Å². The lowest BCUT2D eigenvalue weighted by Crippen LogP contribution is -2.30. The lowest BCUT2D eigenvalue weighted by atomic mass is 9.76. The quantitative estimate of drug-likeness (QED) is 0.573. The smallest absolute Gasteiger partial charge is 0.334 e. The lowest BCUT2D eigenvalue weighted by Gasteiger charge is -2.34. The van der Waals surface area contributed by atoms with E-state index in [2.05, 4.69) is 13.8 Å². The van der Waals surface area contributed by atoms with Gasteiger partial charge in [0.2, 0.25) is 0 Å². The van der Waals surface area contributed by atoms with Crippen molar-refractivity contribution in [1.29, 1.82) is 0 Å². The van der Waals surface area contributed by atoms with E-state index < -0.39 is 0 Å². The summed E-state index contributed by atoms with van der Waals surface area (Å²) in [6.45, 7) is 8.20. The summed E-state index contributed by atoms with van der Waals surface area (Å²) in [6, 6.07) is 0. The normalized spacial score (nSPS) is 22.2. The Kier molecular flexibility index (Phi) is 6.24. The van der Waals surface area contributed by atoms with Crippen molar-refractivity contribution in [3.05, 3.63) is 11.6 Å². The van der Waals surface area contributed by atoms with Gasteiger partial charge in [-0.2, -0.15) is 0 Å². The van der Waals surface area contributed by atoms with E-state index in [1.165, 1.54) is 6.42 Å². The molecule has 4 heteroatoms. The molecule has 0 spiro atoms. The van der Waals surface area contributed by atoms with Crippen molar-refractivity contribution in [2.75, 3.05) is 6.61 Å². The molecule has 0 aliphatic heterocycles. The van der Waals surface area contributed by atoms with Crippen LogP contribution in [0, 0.1) is 5.41 Å². The maximum atomic E-state index is 12.1. The monoisotopic (exact) mass is 282 g/mol. The Balaban J connectivity index is 2.53. The van der Waals surface area contributed by atoms with Gasteiger partial charge in [0, 0.05) is 5.57 Å². The third-order valence-corrected chi connectivity index (χ3v) is 3.68. The zero-order valence-corrected chi connectivity index (χ0v) is 13.0. The van der Waals surface area contributed by atoms with Crippen LogP contribution in [0.1, 0.15) is 59.8 Å². The zero-order chi connectivity index (χ0) is 15.2. The lowest BCUT2D eigenvalue weighted by molar-refractivity contribution is -0.150. The van der Waals surface area contributed by atoms with Crippen LogP contribution in [0.25, 0.3) is 0 Å². The number of hydrogen-bond donors (Lipinski definition) is 0. The number of carbonyl (C=O) groups is 2. The molecule has 20 heavy (non-hydrogen) atoms. The predicted molar refractivity (Wildman–Crippen MR) is 77.1 cm³/mol. The van der Waals surface area contributed by atoms with E-state index in [4.69, 9.17) is 9.47 Å². The summed E-state index contributed by atoms with van der Waals surface area (Å²) in [5.41, 5.74) is 0.604. The molecule has 114 valence electrons. The van der Waals surface area contributed by atoms with Gasteiger partial charge in [-0.1, -0.05) is 19.9 Å². The molecule has 0 aromatic rings. The Morgan fingerprint density at radius 2 is 2.05 bits per heavy atom. The molecule has 0 saturated heterocycles. The van der Waals surface area contributed by atoms with Gasteiger partial charge in [0.05, 0.1) is 13.0 Å². The van der Waals surface area contributed by atoms with Crippen LogP contribution in [0.3, 0.4) is 0 Å².